The average molecular weight is 357 g/mol. The Kier molecular flexibility index (Phi) is 5.65. The molecule has 1 aromatic heterocycles. The normalized spacial score (nSPS) is 17.8. The van der Waals surface area contributed by atoms with Crippen molar-refractivity contribution in [2.24, 2.45) is 4.99 Å². The third kappa shape index (κ3) is 4.36. The SMILES string of the molecule is CCNC(=NCc1scnc1C)NC1CC(=O)N(c2ccccc2)C1. The van der Waals surface area contributed by atoms with Crippen LogP contribution in [0.25, 0.3) is 0 Å². The summed E-state index contributed by atoms with van der Waals surface area (Å²) in [4.78, 5) is 24.2. The molecule has 1 amide bonds. The maximum atomic E-state index is 12.3. The molecule has 0 radical (unpaired) electrons. The molecule has 1 aromatic carbocycles. The molecular weight excluding hydrogens is 334 g/mol. The molecule has 2 aromatic rings. The number of para-hydroxylation sites is 1. The van der Waals surface area contributed by atoms with E-state index in [4.69, 9.17) is 0 Å². The molecule has 0 saturated carbocycles. The highest BCUT2D eigenvalue weighted by Crippen LogP contribution is 2.21. The van der Waals surface area contributed by atoms with Crippen LogP contribution in [0.5, 0.6) is 0 Å². The minimum Gasteiger partial charge on any atom is -0.357 e. The molecule has 3 rings (SSSR count). The molecular formula is C18H23N5OS. The van der Waals surface area contributed by atoms with Gasteiger partial charge in [0.15, 0.2) is 5.96 Å². The molecule has 1 aliphatic rings. The second-order valence-electron chi connectivity index (χ2n) is 5.94. The van der Waals surface area contributed by atoms with E-state index in [1.165, 1.54) is 0 Å². The third-order valence-electron chi connectivity index (χ3n) is 4.10. The highest BCUT2D eigenvalue weighted by atomic mass is 32.1. The maximum Gasteiger partial charge on any atom is 0.229 e. The summed E-state index contributed by atoms with van der Waals surface area (Å²) < 4.78 is 0. The number of nitrogens with zero attached hydrogens (tertiary/aromatic N) is 3. The van der Waals surface area contributed by atoms with E-state index >= 15 is 0 Å². The number of benzene rings is 1. The van der Waals surface area contributed by atoms with Crippen molar-refractivity contribution in [3.05, 3.63) is 46.4 Å². The number of aromatic nitrogens is 1. The van der Waals surface area contributed by atoms with Crippen LogP contribution in [-0.2, 0) is 11.3 Å². The fourth-order valence-corrected chi connectivity index (χ4v) is 3.50. The van der Waals surface area contributed by atoms with Crippen molar-refractivity contribution in [3.63, 3.8) is 0 Å². The van der Waals surface area contributed by atoms with Gasteiger partial charge >= 0.3 is 0 Å². The molecule has 7 heteroatoms. The Morgan fingerprint density at radius 2 is 2.20 bits per heavy atom. The molecule has 0 spiro atoms. The van der Waals surface area contributed by atoms with Crippen molar-refractivity contribution in [1.29, 1.82) is 0 Å². The monoisotopic (exact) mass is 357 g/mol. The zero-order chi connectivity index (χ0) is 17.6. The number of aryl methyl sites for hydroxylation is 1. The summed E-state index contributed by atoms with van der Waals surface area (Å²) in [5.41, 5.74) is 3.81. The second-order valence-corrected chi connectivity index (χ2v) is 6.88. The van der Waals surface area contributed by atoms with Crippen LogP contribution in [0.2, 0.25) is 0 Å². The van der Waals surface area contributed by atoms with Gasteiger partial charge in [-0.15, -0.1) is 11.3 Å². The number of aliphatic imine (C=N–C) groups is 1. The number of carbonyl (C=O) groups excluding carboxylic acids is 1. The Morgan fingerprint density at radius 3 is 2.88 bits per heavy atom. The van der Waals surface area contributed by atoms with Crippen molar-refractivity contribution < 1.29 is 4.79 Å². The lowest BCUT2D eigenvalue weighted by Crippen LogP contribution is -2.44. The van der Waals surface area contributed by atoms with Gasteiger partial charge in [0.2, 0.25) is 5.91 Å². The average Bonchev–Trinajstić information content (AvgIpc) is 3.19. The highest BCUT2D eigenvalue weighted by molar-refractivity contribution is 7.09. The Hall–Kier alpha value is -2.41. The van der Waals surface area contributed by atoms with Crippen LogP contribution in [0.3, 0.4) is 0 Å². The summed E-state index contributed by atoms with van der Waals surface area (Å²) in [7, 11) is 0. The number of thiazole rings is 1. The highest BCUT2D eigenvalue weighted by Gasteiger charge is 2.31. The van der Waals surface area contributed by atoms with Crippen LogP contribution in [0.15, 0.2) is 40.8 Å². The second kappa shape index (κ2) is 8.11. The topological polar surface area (TPSA) is 69.6 Å². The zero-order valence-electron chi connectivity index (χ0n) is 14.5. The molecule has 0 aliphatic carbocycles. The van der Waals surface area contributed by atoms with Crippen LogP contribution in [-0.4, -0.2) is 36.0 Å². The first-order chi connectivity index (χ1) is 12.2. The van der Waals surface area contributed by atoms with E-state index in [0.717, 1.165) is 28.8 Å². The predicted octanol–water partition coefficient (Wildman–Crippen LogP) is 2.31. The molecule has 132 valence electrons. The Labute approximate surface area is 152 Å². The molecule has 2 heterocycles. The number of hydrogen-bond acceptors (Lipinski definition) is 4. The summed E-state index contributed by atoms with van der Waals surface area (Å²) in [6.07, 6.45) is 0.471. The number of amides is 1. The van der Waals surface area contributed by atoms with E-state index in [-0.39, 0.29) is 11.9 Å². The Balaban J connectivity index is 1.64. The summed E-state index contributed by atoms with van der Waals surface area (Å²) in [5, 5.41) is 6.64. The lowest BCUT2D eigenvalue weighted by molar-refractivity contribution is -0.117. The van der Waals surface area contributed by atoms with Gasteiger partial charge in [-0.1, -0.05) is 18.2 Å². The zero-order valence-corrected chi connectivity index (χ0v) is 15.3. The van der Waals surface area contributed by atoms with Crippen molar-refractivity contribution >= 4 is 28.9 Å². The van der Waals surface area contributed by atoms with E-state index in [1.807, 2.05) is 54.6 Å². The van der Waals surface area contributed by atoms with Crippen LogP contribution in [0.1, 0.15) is 23.9 Å². The number of guanidine groups is 1. The van der Waals surface area contributed by atoms with E-state index in [1.54, 1.807) is 11.3 Å². The Morgan fingerprint density at radius 1 is 1.40 bits per heavy atom. The minimum absolute atomic E-state index is 0.0491. The number of rotatable bonds is 5. The van der Waals surface area contributed by atoms with Gasteiger partial charge in [-0.05, 0) is 26.0 Å². The predicted molar refractivity (Wildman–Crippen MR) is 102 cm³/mol. The molecule has 6 nitrogen and oxygen atoms in total. The van der Waals surface area contributed by atoms with Crippen LogP contribution in [0, 0.1) is 6.92 Å². The quantitative estimate of drug-likeness (QED) is 0.636. The molecule has 1 fully saturated rings. The van der Waals surface area contributed by atoms with Crippen molar-refractivity contribution in [3.8, 4) is 0 Å². The maximum absolute atomic E-state index is 12.3. The summed E-state index contributed by atoms with van der Waals surface area (Å²) in [6, 6.07) is 9.83. The lowest BCUT2D eigenvalue weighted by Gasteiger charge is -2.19. The van der Waals surface area contributed by atoms with Crippen LogP contribution >= 0.6 is 11.3 Å². The Bertz CT molecular complexity index is 743. The molecule has 1 atom stereocenters. The summed E-state index contributed by atoms with van der Waals surface area (Å²) >= 11 is 1.61. The van der Waals surface area contributed by atoms with E-state index in [0.29, 0.717) is 19.5 Å². The molecule has 1 aliphatic heterocycles. The molecule has 1 saturated heterocycles. The van der Waals surface area contributed by atoms with E-state index in [2.05, 4.69) is 20.6 Å². The van der Waals surface area contributed by atoms with Crippen molar-refractivity contribution in [2.45, 2.75) is 32.9 Å². The van der Waals surface area contributed by atoms with Crippen LogP contribution < -0.4 is 15.5 Å². The summed E-state index contributed by atoms with van der Waals surface area (Å²) in [5.74, 6) is 0.876. The van der Waals surface area contributed by atoms with Gasteiger partial charge in [0.1, 0.15) is 0 Å². The molecule has 1 unspecified atom stereocenters. The summed E-state index contributed by atoms with van der Waals surface area (Å²) in [6.45, 7) is 6.04. The molecule has 2 N–H and O–H groups in total. The fraction of sp³-hybridized carbons (Fsp3) is 0.389. The van der Waals surface area contributed by atoms with Gasteiger partial charge in [0, 0.05) is 30.1 Å². The lowest BCUT2D eigenvalue weighted by atomic mass is 10.2. The molecule has 25 heavy (non-hydrogen) atoms. The number of anilines is 1. The third-order valence-corrected chi connectivity index (χ3v) is 5.02. The first kappa shape index (κ1) is 17.4. The van der Waals surface area contributed by atoms with Crippen LogP contribution in [0.4, 0.5) is 5.69 Å². The number of nitrogens with one attached hydrogen (secondary N) is 2. The van der Waals surface area contributed by atoms with Gasteiger partial charge in [-0.25, -0.2) is 9.98 Å². The fourth-order valence-electron chi connectivity index (χ4n) is 2.80. The van der Waals surface area contributed by atoms with E-state index in [9.17, 15) is 4.79 Å². The van der Waals surface area contributed by atoms with Gasteiger partial charge in [-0.3, -0.25) is 4.79 Å². The van der Waals surface area contributed by atoms with Crippen molar-refractivity contribution in [2.75, 3.05) is 18.0 Å². The smallest absolute Gasteiger partial charge is 0.229 e. The largest absolute Gasteiger partial charge is 0.357 e. The van der Waals surface area contributed by atoms with Gasteiger partial charge in [0.25, 0.3) is 0 Å². The molecule has 0 bridgehead atoms. The van der Waals surface area contributed by atoms with Gasteiger partial charge in [0.05, 0.1) is 23.8 Å². The minimum atomic E-state index is 0.0491. The first-order valence-corrected chi connectivity index (χ1v) is 9.34. The number of hydrogen-bond donors (Lipinski definition) is 2. The van der Waals surface area contributed by atoms with Gasteiger partial charge < -0.3 is 15.5 Å². The van der Waals surface area contributed by atoms with E-state index < -0.39 is 0 Å². The first-order valence-electron chi connectivity index (χ1n) is 8.46. The van der Waals surface area contributed by atoms with Crippen molar-refractivity contribution in [1.82, 2.24) is 15.6 Å². The standard InChI is InChI=1S/C18H23N5OS/c1-3-19-18(20-10-16-13(2)21-12-25-16)22-14-9-17(24)23(11-14)15-7-5-4-6-8-15/h4-8,12,14H,3,9-11H2,1-2H3,(H2,19,20,22). The number of carbonyl (C=O) groups is 1. The van der Waals surface area contributed by atoms with Gasteiger partial charge in [-0.2, -0.15) is 0 Å².